The molecule has 18 heavy (non-hydrogen) atoms. The first kappa shape index (κ1) is 12.2. The zero-order valence-corrected chi connectivity index (χ0v) is 10.7. The van der Waals surface area contributed by atoms with Gasteiger partial charge in [-0.15, -0.1) is 0 Å². The number of nitrogens with one attached hydrogen (secondary N) is 1. The first-order valence-electron chi connectivity index (χ1n) is 5.63. The smallest absolute Gasteiger partial charge is 0.273 e. The number of anilines is 2. The van der Waals surface area contributed by atoms with Crippen molar-refractivity contribution in [2.45, 2.75) is 13.8 Å². The first-order chi connectivity index (χ1) is 8.49. The van der Waals surface area contributed by atoms with Crippen LogP contribution in [0.15, 0.2) is 24.7 Å². The van der Waals surface area contributed by atoms with E-state index in [2.05, 4.69) is 10.3 Å². The highest BCUT2D eigenvalue weighted by Gasteiger charge is 2.11. The predicted octanol–water partition coefficient (Wildman–Crippen LogP) is 1.87. The lowest BCUT2D eigenvalue weighted by Crippen LogP contribution is -2.16. The molecule has 94 valence electrons. The van der Waals surface area contributed by atoms with Gasteiger partial charge >= 0.3 is 0 Å². The van der Waals surface area contributed by atoms with Crippen LogP contribution >= 0.6 is 0 Å². The van der Waals surface area contributed by atoms with E-state index in [1.807, 2.05) is 26.0 Å². The fourth-order valence-corrected chi connectivity index (χ4v) is 1.74. The Kier molecular flexibility index (Phi) is 3.06. The molecule has 1 amide bonds. The monoisotopic (exact) mass is 244 g/mol. The summed E-state index contributed by atoms with van der Waals surface area (Å²) in [6.45, 7) is 3.82. The van der Waals surface area contributed by atoms with E-state index in [1.54, 1.807) is 17.9 Å². The molecule has 0 saturated heterocycles. The number of carbonyl (C=O) groups excluding carboxylic acids is 1. The van der Waals surface area contributed by atoms with Gasteiger partial charge in [-0.05, 0) is 37.1 Å². The Labute approximate surface area is 106 Å². The third kappa shape index (κ3) is 2.20. The van der Waals surface area contributed by atoms with Crippen LogP contribution in [0, 0.1) is 13.8 Å². The Morgan fingerprint density at radius 2 is 2.06 bits per heavy atom. The molecule has 0 fully saturated rings. The fraction of sp³-hybridized carbons (Fsp3) is 0.231. The third-order valence-corrected chi connectivity index (χ3v) is 2.91. The van der Waals surface area contributed by atoms with E-state index >= 15 is 0 Å². The lowest BCUT2D eigenvalue weighted by atomic mass is 10.1. The van der Waals surface area contributed by atoms with Crippen molar-refractivity contribution in [2.75, 3.05) is 11.1 Å². The topological polar surface area (TPSA) is 72.9 Å². The number of rotatable bonds is 2. The number of aromatic nitrogens is 2. The van der Waals surface area contributed by atoms with E-state index < -0.39 is 0 Å². The summed E-state index contributed by atoms with van der Waals surface area (Å²) < 4.78 is 1.68. The number of nitrogen functional groups attached to an aromatic ring is 1. The minimum atomic E-state index is -0.178. The third-order valence-electron chi connectivity index (χ3n) is 2.91. The van der Waals surface area contributed by atoms with Gasteiger partial charge in [0, 0.05) is 18.4 Å². The molecule has 0 unspecified atom stereocenters. The molecular weight excluding hydrogens is 228 g/mol. The van der Waals surface area contributed by atoms with Gasteiger partial charge in [0.15, 0.2) is 0 Å². The lowest BCUT2D eigenvalue weighted by Gasteiger charge is -2.11. The molecule has 5 heteroatoms. The summed E-state index contributed by atoms with van der Waals surface area (Å²) in [5.74, 6) is -0.178. The molecule has 0 saturated carbocycles. The Morgan fingerprint density at radius 1 is 1.33 bits per heavy atom. The van der Waals surface area contributed by atoms with E-state index in [0.29, 0.717) is 5.69 Å². The van der Waals surface area contributed by atoms with Crippen LogP contribution in [0.4, 0.5) is 11.4 Å². The Morgan fingerprint density at radius 3 is 2.67 bits per heavy atom. The van der Waals surface area contributed by atoms with E-state index in [0.717, 1.165) is 22.5 Å². The highest BCUT2D eigenvalue weighted by molar-refractivity contribution is 6.03. The van der Waals surface area contributed by atoms with Crippen LogP contribution in [0.1, 0.15) is 21.6 Å². The van der Waals surface area contributed by atoms with E-state index in [9.17, 15) is 4.79 Å². The molecule has 3 N–H and O–H groups in total. The zero-order valence-electron chi connectivity index (χ0n) is 10.7. The standard InChI is InChI=1S/C13H16N4O/c1-8-5-11(9(2)4-10(8)14)16-13(18)12-6-15-7-17(12)3/h4-7H,14H2,1-3H3,(H,16,18). The highest BCUT2D eigenvalue weighted by atomic mass is 16.2. The van der Waals surface area contributed by atoms with Crippen molar-refractivity contribution in [3.63, 3.8) is 0 Å². The van der Waals surface area contributed by atoms with Crippen LogP contribution in [0.5, 0.6) is 0 Å². The summed E-state index contributed by atoms with van der Waals surface area (Å²) in [6.07, 6.45) is 3.13. The van der Waals surface area contributed by atoms with Crippen LogP contribution in [0.25, 0.3) is 0 Å². The van der Waals surface area contributed by atoms with Crippen molar-refractivity contribution in [3.05, 3.63) is 41.5 Å². The predicted molar refractivity (Wildman–Crippen MR) is 71.5 cm³/mol. The largest absolute Gasteiger partial charge is 0.399 e. The van der Waals surface area contributed by atoms with Gasteiger partial charge < -0.3 is 15.6 Å². The lowest BCUT2D eigenvalue weighted by molar-refractivity contribution is 0.101. The van der Waals surface area contributed by atoms with Gasteiger partial charge in [-0.1, -0.05) is 0 Å². The van der Waals surface area contributed by atoms with Crippen molar-refractivity contribution in [1.82, 2.24) is 9.55 Å². The molecule has 0 bridgehead atoms. The maximum atomic E-state index is 12.0. The zero-order chi connectivity index (χ0) is 13.3. The Bertz CT molecular complexity index is 601. The number of hydrogen-bond acceptors (Lipinski definition) is 3. The molecular formula is C13H16N4O. The second-order valence-corrected chi connectivity index (χ2v) is 4.37. The number of carbonyl (C=O) groups is 1. The van der Waals surface area contributed by atoms with Gasteiger partial charge in [0.05, 0.1) is 12.5 Å². The minimum absolute atomic E-state index is 0.178. The van der Waals surface area contributed by atoms with E-state index in [1.165, 1.54) is 6.20 Å². The minimum Gasteiger partial charge on any atom is -0.399 e. The molecule has 0 atom stereocenters. The summed E-state index contributed by atoms with van der Waals surface area (Å²) in [5, 5.41) is 2.87. The number of benzene rings is 1. The molecule has 1 aromatic carbocycles. The summed E-state index contributed by atoms with van der Waals surface area (Å²) in [7, 11) is 1.78. The van der Waals surface area contributed by atoms with Gasteiger partial charge in [0.1, 0.15) is 5.69 Å². The molecule has 0 spiro atoms. The number of amides is 1. The fourth-order valence-electron chi connectivity index (χ4n) is 1.74. The van der Waals surface area contributed by atoms with Crippen LogP contribution < -0.4 is 11.1 Å². The molecule has 0 aliphatic rings. The molecule has 2 aromatic rings. The van der Waals surface area contributed by atoms with Crippen molar-refractivity contribution >= 4 is 17.3 Å². The van der Waals surface area contributed by atoms with Crippen molar-refractivity contribution in [2.24, 2.45) is 7.05 Å². The second kappa shape index (κ2) is 4.52. The highest BCUT2D eigenvalue weighted by Crippen LogP contribution is 2.22. The molecule has 1 heterocycles. The average molecular weight is 244 g/mol. The normalized spacial score (nSPS) is 10.4. The second-order valence-electron chi connectivity index (χ2n) is 4.37. The quantitative estimate of drug-likeness (QED) is 0.792. The van der Waals surface area contributed by atoms with Crippen molar-refractivity contribution in [1.29, 1.82) is 0 Å². The van der Waals surface area contributed by atoms with Crippen LogP contribution in [0.2, 0.25) is 0 Å². The molecule has 0 radical (unpaired) electrons. The van der Waals surface area contributed by atoms with E-state index in [4.69, 9.17) is 5.73 Å². The summed E-state index contributed by atoms with van der Waals surface area (Å²) in [5.41, 5.74) is 9.71. The summed E-state index contributed by atoms with van der Waals surface area (Å²) >= 11 is 0. The molecule has 2 rings (SSSR count). The van der Waals surface area contributed by atoms with Gasteiger partial charge in [0.2, 0.25) is 0 Å². The summed E-state index contributed by atoms with van der Waals surface area (Å²) in [4.78, 5) is 16.0. The van der Waals surface area contributed by atoms with Crippen molar-refractivity contribution in [3.8, 4) is 0 Å². The Balaban J connectivity index is 2.28. The molecule has 0 aliphatic carbocycles. The SMILES string of the molecule is Cc1cc(NC(=O)c2cncn2C)c(C)cc1N. The van der Waals surface area contributed by atoms with Crippen LogP contribution in [-0.4, -0.2) is 15.5 Å². The number of nitrogens with two attached hydrogens (primary N) is 1. The van der Waals surface area contributed by atoms with Crippen LogP contribution in [0.3, 0.4) is 0 Å². The number of nitrogens with zero attached hydrogens (tertiary/aromatic N) is 2. The van der Waals surface area contributed by atoms with E-state index in [-0.39, 0.29) is 5.91 Å². The number of imidazole rings is 1. The number of aryl methyl sites for hydroxylation is 3. The van der Waals surface area contributed by atoms with Gasteiger partial charge in [-0.3, -0.25) is 4.79 Å². The van der Waals surface area contributed by atoms with Crippen LogP contribution in [-0.2, 0) is 7.05 Å². The maximum absolute atomic E-state index is 12.0. The maximum Gasteiger partial charge on any atom is 0.273 e. The molecule has 0 aliphatic heterocycles. The van der Waals surface area contributed by atoms with Gasteiger partial charge in [-0.25, -0.2) is 4.98 Å². The average Bonchev–Trinajstić information content (AvgIpc) is 2.72. The van der Waals surface area contributed by atoms with Gasteiger partial charge in [0.25, 0.3) is 5.91 Å². The molecule has 1 aromatic heterocycles. The van der Waals surface area contributed by atoms with Gasteiger partial charge in [-0.2, -0.15) is 0 Å². The Hall–Kier alpha value is -2.30. The van der Waals surface area contributed by atoms with Crippen molar-refractivity contribution < 1.29 is 4.79 Å². The molecule has 5 nitrogen and oxygen atoms in total. The number of hydrogen-bond donors (Lipinski definition) is 2. The first-order valence-corrected chi connectivity index (χ1v) is 5.63. The summed E-state index contributed by atoms with van der Waals surface area (Å²) in [6, 6.07) is 3.73.